The van der Waals surface area contributed by atoms with Gasteiger partial charge in [0.25, 0.3) is 0 Å². The van der Waals surface area contributed by atoms with Gasteiger partial charge in [0.15, 0.2) is 0 Å². The summed E-state index contributed by atoms with van der Waals surface area (Å²) < 4.78 is 10.7. The minimum absolute atomic E-state index is 0.153. The van der Waals surface area contributed by atoms with Crippen molar-refractivity contribution in [3.8, 4) is 5.75 Å². The smallest absolute Gasteiger partial charge is 0.144 e. The van der Waals surface area contributed by atoms with Gasteiger partial charge in [-0.3, -0.25) is 0 Å². The number of benzene rings is 1. The first-order chi connectivity index (χ1) is 8.07. The molecule has 0 radical (unpaired) electrons. The van der Waals surface area contributed by atoms with Gasteiger partial charge in [-0.2, -0.15) is 0 Å². The third kappa shape index (κ3) is 2.42. The third-order valence-electron chi connectivity index (χ3n) is 2.82. The number of hydrogen-bond acceptors (Lipinski definition) is 5. The number of methoxy groups -OCH3 is 1. The highest BCUT2D eigenvalue weighted by Gasteiger charge is 2.46. The number of para-hydroxylation sites is 1. The van der Waals surface area contributed by atoms with Gasteiger partial charge < -0.3 is 19.7 Å². The molecule has 1 aromatic rings. The van der Waals surface area contributed by atoms with Crippen molar-refractivity contribution in [3.05, 3.63) is 24.3 Å². The van der Waals surface area contributed by atoms with E-state index in [1.165, 1.54) is 11.8 Å². The van der Waals surface area contributed by atoms with E-state index in [1.54, 1.807) is 14.0 Å². The summed E-state index contributed by atoms with van der Waals surface area (Å²) in [4.78, 5) is 0.0410. The summed E-state index contributed by atoms with van der Waals surface area (Å²) in [5.74, 6) is 0.732. The number of rotatable bonds is 3. The Balaban J connectivity index is 2.20. The van der Waals surface area contributed by atoms with Crippen molar-refractivity contribution in [1.29, 1.82) is 0 Å². The first-order valence-corrected chi connectivity index (χ1v) is 6.20. The Morgan fingerprint density at radius 1 is 1.41 bits per heavy atom. The standard InChI is InChI=1S/C12H16O4S/c1-12(11(14)8(13)7-16-12)17-10-6-4-3-5-9(10)15-2/h3-6,8,11,13-14H,7H2,1-2H3. The van der Waals surface area contributed by atoms with Crippen molar-refractivity contribution in [2.24, 2.45) is 0 Å². The molecule has 0 aromatic heterocycles. The van der Waals surface area contributed by atoms with Gasteiger partial charge in [-0.15, -0.1) is 0 Å². The summed E-state index contributed by atoms with van der Waals surface area (Å²) in [6, 6.07) is 7.52. The molecule has 94 valence electrons. The highest BCUT2D eigenvalue weighted by molar-refractivity contribution is 8.00. The van der Waals surface area contributed by atoms with Crippen molar-refractivity contribution in [2.75, 3.05) is 13.7 Å². The Hall–Kier alpha value is -0.750. The first-order valence-electron chi connectivity index (χ1n) is 5.39. The van der Waals surface area contributed by atoms with Gasteiger partial charge in [-0.05, 0) is 19.1 Å². The Morgan fingerprint density at radius 2 is 2.12 bits per heavy atom. The van der Waals surface area contributed by atoms with Gasteiger partial charge in [0.1, 0.15) is 22.9 Å². The van der Waals surface area contributed by atoms with Gasteiger partial charge in [0.05, 0.1) is 18.6 Å². The van der Waals surface area contributed by atoms with Crippen LogP contribution in [-0.4, -0.2) is 41.1 Å². The first kappa shape index (κ1) is 12.7. The minimum atomic E-state index is -0.905. The molecule has 17 heavy (non-hydrogen) atoms. The van der Waals surface area contributed by atoms with E-state index in [4.69, 9.17) is 9.47 Å². The summed E-state index contributed by atoms with van der Waals surface area (Å²) >= 11 is 1.36. The molecule has 2 rings (SSSR count). The highest BCUT2D eigenvalue weighted by Crippen LogP contribution is 2.44. The van der Waals surface area contributed by atoms with Crippen LogP contribution in [0.5, 0.6) is 5.75 Å². The molecule has 1 saturated heterocycles. The van der Waals surface area contributed by atoms with Crippen LogP contribution in [0.25, 0.3) is 0 Å². The minimum Gasteiger partial charge on any atom is -0.496 e. The molecule has 0 spiro atoms. The molecular weight excluding hydrogens is 240 g/mol. The third-order valence-corrected chi connectivity index (χ3v) is 4.15. The molecule has 1 heterocycles. The molecular formula is C12H16O4S. The van der Waals surface area contributed by atoms with Crippen molar-refractivity contribution in [2.45, 2.75) is 29.0 Å². The van der Waals surface area contributed by atoms with Crippen LogP contribution >= 0.6 is 11.8 Å². The number of ether oxygens (including phenoxy) is 2. The normalized spacial score (nSPS) is 32.7. The maximum Gasteiger partial charge on any atom is 0.144 e. The second-order valence-electron chi connectivity index (χ2n) is 4.09. The van der Waals surface area contributed by atoms with Crippen LogP contribution in [0.3, 0.4) is 0 Å². The Bertz CT molecular complexity index is 398. The summed E-state index contributed by atoms with van der Waals surface area (Å²) in [7, 11) is 1.60. The fourth-order valence-corrected chi connectivity index (χ4v) is 3.03. The van der Waals surface area contributed by atoms with E-state index in [-0.39, 0.29) is 6.61 Å². The van der Waals surface area contributed by atoms with E-state index in [2.05, 4.69) is 0 Å². The molecule has 0 aliphatic carbocycles. The van der Waals surface area contributed by atoms with E-state index in [9.17, 15) is 10.2 Å². The van der Waals surface area contributed by atoms with Gasteiger partial charge in [0.2, 0.25) is 0 Å². The van der Waals surface area contributed by atoms with Crippen LogP contribution in [0.4, 0.5) is 0 Å². The van der Waals surface area contributed by atoms with Gasteiger partial charge in [0, 0.05) is 0 Å². The monoisotopic (exact) mass is 256 g/mol. The number of thioether (sulfide) groups is 1. The van der Waals surface area contributed by atoms with Crippen LogP contribution in [0.1, 0.15) is 6.92 Å². The van der Waals surface area contributed by atoms with E-state index in [0.29, 0.717) is 0 Å². The molecule has 3 atom stereocenters. The predicted molar refractivity (Wildman–Crippen MR) is 65.2 cm³/mol. The molecule has 2 N–H and O–H groups in total. The number of aliphatic hydroxyl groups is 2. The van der Waals surface area contributed by atoms with Crippen LogP contribution in [-0.2, 0) is 4.74 Å². The highest BCUT2D eigenvalue weighted by atomic mass is 32.2. The molecule has 1 aromatic carbocycles. The van der Waals surface area contributed by atoms with Crippen LogP contribution < -0.4 is 4.74 Å². The van der Waals surface area contributed by atoms with Gasteiger partial charge >= 0.3 is 0 Å². The maximum absolute atomic E-state index is 9.90. The zero-order valence-corrected chi connectivity index (χ0v) is 10.6. The summed E-state index contributed by atoms with van der Waals surface area (Å²) in [5, 5.41) is 19.4. The molecule has 4 nitrogen and oxygen atoms in total. The van der Waals surface area contributed by atoms with Crippen molar-refractivity contribution < 1.29 is 19.7 Å². The fourth-order valence-electron chi connectivity index (χ4n) is 1.79. The zero-order chi connectivity index (χ0) is 12.5. The van der Waals surface area contributed by atoms with Gasteiger partial charge in [-0.25, -0.2) is 0 Å². The topological polar surface area (TPSA) is 58.9 Å². The second-order valence-corrected chi connectivity index (χ2v) is 5.55. The van der Waals surface area contributed by atoms with E-state index >= 15 is 0 Å². The number of hydrogen-bond donors (Lipinski definition) is 2. The quantitative estimate of drug-likeness (QED) is 0.852. The zero-order valence-electron chi connectivity index (χ0n) is 9.79. The molecule has 5 heteroatoms. The summed E-state index contributed by atoms with van der Waals surface area (Å²) in [6.07, 6.45) is -1.74. The van der Waals surface area contributed by atoms with Crippen LogP contribution in [0.15, 0.2) is 29.2 Å². The Morgan fingerprint density at radius 3 is 2.71 bits per heavy atom. The molecule has 3 unspecified atom stereocenters. The molecule has 0 amide bonds. The van der Waals surface area contributed by atoms with Gasteiger partial charge in [-0.1, -0.05) is 23.9 Å². The predicted octanol–water partition coefficient (Wildman–Crippen LogP) is 1.26. The molecule has 1 aliphatic rings. The van der Waals surface area contributed by atoms with E-state index < -0.39 is 17.1 Å². The van der Waals surface area contributed by atoms with Crippen molar-refractivity contribution in [3.63, 3.8) is 0 Å². The summed E-state index contributed by atoms with van der Waals surface area (Å²) in [6.45, 7) is 1.92. The molecule has 0 saturated carbocycles. The number of aliphatic hydroxyl groups excluding tert-OH is 2. The fraction of sp³-hybridized carbons (Fsp3) is 0.500. The SMILES string of the molecule is COc1ccccc1SC1(C)OCC(O)C1O. The maximum atomic E-state index is 9.90. The van der Waals surface area contributed by atoms with Crippen molar-refractivity contribution >= 4 is 11.8 Å². The summed E-state index contributed by atoms with van der Waals surface area (Å²) in [5.41, 5.74) is 0. The average molecular weight is 256 g/mol. The van der Waals surface area contributed by atoms with Crippen LogP contribution in [0, 0.1) is 0 Å². The average Bonchev–Trinajstić information content (AvgIpc) is 2.58. The van der Waals surface area contributed by atoms with E-state index in [0.717, 1.165) is 10.6 Å². The molecule has 0 bridgehead atoms. The Kier molecular flexibility index (Phi) is 3.63. The molecule has 1 fully saturated rings. The van der Waals surface area contributed by atoms with E-state index in [1.807, 2.05) is 24.3 Å². The lowest BCUT2D eigenvalue weighted by molar-refractivity contribution is 0.0124. The Labute approximate surface area is 105 Å². The molecule has 1 aliphatic heterocycles. The lowest BCUT2D eigenvalue weighted by atomic mass is 10.2. The van der Waals surface area contributed by atoms with Crippen molar-refractivity contribution in [1.82, 2.24) is 0 Å². The lowest BCUT2D eigenvalue weighted by Crippen LogP contribution is -2.37. The second kappa shape index (κ2) is 4.86. The largest absolute Gasteiger partial charge is 0.496 e. The lowest BCUT2D eigenvalue weighted by Gasteiger charge is -2.27. The van der Waals surface area contributed by atoms with Crippen LogP contribution in [0.2, 0.25) is 0 Å².